The Morgan fingerprint density at radius 2 is 1.79 bits per heavy atom. The molecule has 1 aliphatic rings. The highest BCUT2D eigenvalue weighted by Gasteiger charge is 2.32. The molecule has 1 fully saturated rings. The van der Waals surface area contributed by atoms with E-state index in [-0.39, 0.29) is 0 Å². The lowest BCUT2D eigenvalue weighted by Gasteiger charge is -2.38. The van der Waals surface area contributed by atoms with E-state index in [9.17, 15) is 13.2 Å². The molecule has 1 rings (SSSR count). The summed E-state index contributed by atoms with van der Waals surface area (Å²) < 4.78 is 36.8. The third-order valence-corrected chi connectivity index (χ3v) is 3.58. The van der Waals surface area contributed by atoms with Crippen molar-refractivity contribution in [2.24, 2.45) is 0 Å². The van der Waals surface area contributed by atoms with Gasteiger partial charge in [0, 0.05) is 38.8 Å². The highest BCUT2D eigenvalue weighted by molar-refractivity contribution is 4.78. The summed E-state index contributed by atoms with van der Waals surface area (Å²) in [7, 11) is 0. The van der Waals surface area contributed by atoms with E-state index in [1.165, 1.54) is 17.7 Å². The molecule has 3 nitrogen and oxygen atoms in total. The quantitative estimate of drug-likeness (QED) is 0.720. The lowest BCUT2D eigenvalue weighted by atomic mass is 10.2. The zero-order valence-electron chi connectivity index (χ0n) is 12.0. The molecule has 1 N–H and O–H groups in total. The Labute approximate surface area is 114 Å². The van der Waals surface area contributed by atoms with Crippen LogP contribution < -0.4 is 5.32 Å². The topological polar surface area (TPSA) is 18.5 Å². The van der Waals surface area contributed by atoms with Gasteiger partial charge in [0.05, 0.1) is 6.54 Å². The first-order valence-corrected chi connectivity index (χ1v) is 7.16. The minimum atomic E-state index is -4.07. The summed E-state index contributed by atoms with van der Waals surface area (Å²) in [5.74, 6) is 0. The van der Waals surface area contributed by atoms with Gasteiger partial charge in [-0.05, 0) is 19.9 Å². The van der Waals surface area contributed by atoms with Crippen LogP contribution in [-0.4, -0.2) is 67.8 Å². The highest BCUT2D eigenvalue weighted by Crippen LogP contribution is 2.17. The van der Waals surface area contributed by atoms with Crippen LogP contribution in [0.1, 0.15) is 26.7 Å². The molecule has 0 aromatic heterocycles. The number of unbranched alkanes of at least 4 members (excludes halogenated alkanes) is 1. The van der Waals surface area contributed by atoms with Crippen molar-refractivity contribution in [3.05, 3.63) is 0 Å². The maximum Gasteiger partial charge on any atom is 0.401 e. The standard InChI is InChI=1S/C13H26F3N3/c1-3-4-5-17-10-12(2)19-8-6-18(7-9-19)11-13(14,15)16/h12,17H,3-11H2,1-2H3. The van der Waals surface area contributed by atoms with Crippen LogP contribution in [0.3, 0.4) is 0 Å². The first kappa shape index (κ1) is 16.7. The monoisotopic (exact) mass is 281 g/mol. The molecule has 0 aromatic carbocycles. The normalized spacial score (nSPS) is 20.7. The van der Waals surface area contributed by atoms with Crippen molar-refractivity contribution in [3.8, 4) is 0 Å². The minimum Gasteiger partial charge on any atom is -0.315 e. The van der Waals surface area contributed by atoms with E-state index in [2.05, 4.69) is 24.1 Å². The second kappa shape index (κ2) is 8.07. The average Bonchev–Trinajstić information content (AvgIpc) is 2.33. The molecule has 0 spiro atoms. The molecule has 114 valence electrons. The van der Waals surface area contributed by atoms with Crippen LogP contribution in [0, 0.1) is 0 Å². The fourth-order valence-corrected chi connectivity index (χ4v) is 2.36. The van der Waals surface area contributed by atoms with E-state index in [4.69, 9.17) is 0 Å². The summed E-state index contributed by atoms with van der Waals surface area (Å²) in [4.78, 5) is 3.76. The highest BCUT2D eigenvalue weighted by atomic mass is 19.4. The average molecular weight is 281 g/mol. The minimum absolute atomic E-state index is 0.393. The molecule has 0 bridgehead atoms. The SMILES string of the molecule is CCCCNCC(C)N1CCN(CC(F)(F)F)CC1. The first-order chi connectivity index (χ1) is 8.92. The third kappa shape index (κ3) is 7.13. The predicted octanol–water partition coefficient (Wildman–Crippen LogP) is 1.94. The zero-order valence-corrected chi connectivity index (χ0v) is 12.0. The van der Waals surface area contributed by atoms with Gasteiger partial charge in [-0.2, -0.15) is 13.2 Å². The van der Waals surface area contributed by atoms with Crippen LogP contribution in [0.25, 0.3) is 0 Å². The Bertz CT molecular complexity index is 238. The summed E-state index contributed by atoms with van der Waals surface area (Å²) in [6.07, 6.45) is -1.72. The Morgan fingerprint density at radius 3 is 2.32 bits per heavy atom. The van der Waals surface area contributed by atoms with E-state index in [1.807, 2.05) is 0 Å². The second-order valence-corrected chi connectivity index (χ2v) is 5.33. The van der Waals surface area contributed by atoms with Crippen molar-refractivity contribution < 1.29 is 13.2 Å². The molecular formula is C13H26F3N3. The number of piperazine rings is 1. The Morgan fingerprint density at radius 1 is 1.16 bits per heavy atom. The van der Waals surface area contributed by atoms with Crippen molar-refractivity contribution in [2.75, 3.05) is 45.8 Å². The van der Waals surface area contributed by atoms with Crippen LogP contribution in [0.15, 0.2) is 0 Å². The van der Waals surface area contributed by atoms with Crippen molar-refractivity contribution in [2.45, 2.75) is 38.9 Å². The number of rotatable bonds is 7. The predicted molar refractivity (Wildman–Crippen MR) is 71.3 cm³/mol. The molecule has 1 atom stereocenters. The van der Waals surface area contributed by atoms with Crippen LogP contribution in [-0.2, 0) is 0 Å². The Hall–Kier alpha value is -0.330. The first-order valence-electron chi connectivity index (χ1n) is 7.16. The summed E-state index contributed by atoms with van der Waals surface area (Å²) in [6, 6.07) is 0.393. The molecule has 1 saturated heterocycles. The van der Waals surface area contributed by atoms with Gasteiger partial charge in [-0.3, -0.25) is 9.80 Å². The molecule has 1 aliphatic heterocycles. The lowest BCUT2D eigenvalue weighted by molar-refractivity contribution is -0.149. The number of nitrogens with zero attached hydrogens (tertiary/aromatic N) is 2. The van der Waals surface area contributed by atoms with Gasteiger partial charge in [-0.15, -0.1) is 0 Å². The molecule has 0 radical (unpaired) electrons. The summed E-state index contributed by atoms with van der Waals surface area (Å²) in [6.45, 7) is 7.94. The van der Waals surface area contributed by atoms with Gasteiger partial charge in [-0.25, -0.2) is 0 Å². The van der Waals surface area contributed by atoms with Gasteiger partial charge in [0.2, 0.25) is 0 Å². The number of hydrogen-bond acceptors (Lipinski definition) is 3. The van der Waals surface area contributed by atoms with Crippen molar-refractivity contribution in [3.63, 3.8) is 0 Å². The van der Waals surface area contributed by atoms with Crippen molar-refractivity contribution in [1.29, 1.82) is 0 Å². The van der Waals surface area contributed by atoms with Gasteiger partial charge in [0.25, 0.3) is 0 Å². The second-order valence-electron chi connectivity index (χ2n) is 5.33. The molecule has 0 aliphatic carbocycles. The molecule has 1 heterocycles. The molecule has 0 aromatic rings. The molecule has 0 saturated carbocycles. The third-order valence-electron chi connectivity index (χ3n) is 3.58. The maximum atomic E-state index is 12.3. The van der Waals surface area contributed by atoms with Crippen LogP contribution >= 0.6 is 0 Å². The van der Waals surface area contributed by atoms with E-state index >= 15 is 0 Å². The Kier molecular flexibility index (Phi) is 7.10. The van der Waals surface area contributed by atoms with E-state index in [1.54, 1.807) is 0 Å². The van der Waals surface area contributed by atoms with Gasteiger partial charge in [0.15, 0.2) is 0 Å². The number of nitrogens with one attached hydrogen (secondary N) is 1. The largest absolute Gasteiger partial charge is 0.401 e. The Balaban J connectivity index is 2.18. The number of alkyl halides is 3. The van der Waals surface area contributed by atoms with E-state index < -0.39 is 12.7 Å². The lowest BCUT2D eigenvalue weighted by Crippen LogP contribution is -2.53. The summed E-state index contributed by atoms with van der Waals surface area (Å²) in [5, 5.41) is 3.40. The fourth-order valence-electron chi connectivity index (χ4n) is 2.36. The molecule has 0 amide bonds. The van der Waals surface area contributed by atoms with Crippen LogP contribution in [0.2, 0.25) is 0 Å². The van der Waals surface area contributed by atoms with Crippen molar-refractivity contribution >= 4 is 0 Å². The number of halogens is 3. The van der Waals surface area contributed by atoms with E-state index in [0.717, 1.165) is 26.2 Å². The molecular weight excluding hydrogens is 255 g/mol. The van der Waals surface area contributed by atoms with Gasteiger partial charge >= 0.3 is 6.18 Å². The van der Waals surface area contributed by atoms with Crippen LogP contribution in [0.5, 0.6) is 0 Å². The van der Waals surface area contributed by atoms with Crippen LogP contribution in [0.4, 0.5) is 13.2 Å². The zero-order chi connectivity index (χ0) is 14.3. The van der Waals surface area contributed by atoms with Gasteiger partial charge in [-0.1, -0.05) is 13.3 Å². The molecule has 1 unspecified atom stereocenters. The fraction of sp³-hybridized carbons (Fsp3) is 1.00. The van der Waals surface area contributed by atoms with E-state index in [0.29, 0.717) is 19.1 Å². The summed E-state index contributed by atoms with van der Waals surface area (Å²) >= 11 is 0. The smallest absolute Gasteiger partial charge is 0.315 e. The molecule has 6 heteroatoms. The molecule has 19 heavy (non-hydrogen) atoms. The summed E-state index contributed by atoms with van der Waals surface area (Å²) in [5.41, 5.74) is 0. The number of hydrogen-bond donors (Lipinski definition) is 1. The van der Waals surface area contributed by atoms with Crippen molar-refractivity contribution in [1.82, 2.24) is 15.1 Å². The van der Waals surface area contributed by atoms with Gasteiger partial charge < -0.3 is 5.32 Å². The van der Waals surface area contributed by atoms with Gasteiger partial charge in [0.1, 0.15) is 0 Å². The maximum absolute atomic E-state index is 12.3.